The van der Waals surface area contributed by atoms with Crippen LogP contribution in [0.2, 0.25) is 0 Å². The number of urea groups is 1. The van der Waals surface area contributed by atoms with E-state index in [0.717, 1.165) is 23.5 Å². The third-order valence-corrected chi connectivity index (χ3v) is 6.96. The standard InChI is InChI=1S/C30H35FN2O5S/c1-2-37-28(29(34)35)21-23-13-15-25(16-14-23)38-19-18-33(30(36)32-27-12-7-6-11-26(27)31)17-8-20-39-22-24-9-4-3-5-10-24/h3-7,9-16,28H,2,8,17-22H2,1H3,(H,32,36)(H,34,35). The summed E-state index contributed by atoms with van der Waals surface area (Å²) in [5, 5.41) is 11.9. The first-order valence-electron chi connectivity index (χ1n) is 12.9. The van der Waals surface area contributed by atoms with E-state index in [4.69, 9.17) is 9.47 Å². The molecule has 3 aromatic carbocycles. The summed E-state index contributed by atoms with van der Waals surface area (Å²) in [5.74, 6) is 0.896. The molecule has 1 unspecified atom stereocenters. The van der Waals surface area contributed by atoms with Gasteiger partial charge in [-0.3, -0.25) is 0 Å². The van der Waals surface area contributed by atoms with Gasteiger partial charge in [0.2, 0.25) is 0 Å². The van der Waals surface area contributed by atoms with Crippen molar-refractivity contribution in [3.05, 3.63) is 95.8 Å². The van der Waals surface area contributed by atoms with Crippen LogP contribution >= 0.6 is 11.8 Å². The summed E-state index contributed by atoms with van der Waals surface area (Å²) < 4.78 is 25.2. The summed E-state index contributed by atoms with van der Waals surface area (Å²) in [5.41, 5.74) is 2.21. The number of carboxylic acid groups (broad SMARTS) is 1. The Morgan fingerprint density at radius 2 is 1.69 bits per heavy atom. The molecule has 0 aliphatic heterocycles. The van der Waals surface area contributed by atoms with Crippen LogP contribution in [0.15, 0.2) is 78.9 Å². The lowest BCUT2D eigenvalue weighted by Crippen LogP contribution is -2.39. The van der Waals surface area contributed by atoms with Crippen LogP contribution in [0, 0.1) is 5.82 Å². The summed E-state index contributed by atoms with van der Waals surface area (Å²) in [4.78, 5) is 25.9. The van der Waals surface area contributed by atoms with E-state index in [1.165, 1.54) is 17.7 Å². The van der Waals surface area contributed by atoms with Crippen molar-refractivity contribution in [2.45, 2.75) is 31.6 Å². The first-order valence-corrected chi connectivity index (χ1v) is 14.1. The van der Waals surface area contributed by atoms with Gasteiger partial charge in [-0.25, -0.2) is 14.0 Å². The molecule has 7 nitrogen and oxygen atoms in total. The highest BCUT2D eigenvalue weighted by Crippen LogP contribution is 2.17. The van der Waals surface area contributed by atoms with E-state index in [0.29, 0.717) is 25.4 Å². The summed E-state index contributed by atoms with van der Waals surface area (Å²) in [7, 11) is 0. The van der Waals surface area contributed by atoms with Gasteiger partial charge in [0.15, 0.2) is 6.10 Å². The van der Waals surface area contributed by atoms with Crippen molar-refractivity contribution >= 4 is 29.4 Å². The topological polar surface area (TPSA) is 88.1 Å². The second kappa shape index (κ2) is 16.4. The number of carbonyl (C=O) groups is 2. The highest BCUT2D eigenvalue weighted by molar-refractivity contribution is 7.98. The van der Waals surface area contributed by atoms with Crippen LogP contribution in [0.25, 0.3) is 0 Å². The van der Waals surface area contributed by atoms with Crippen molar-refractivity contribution in [1.82, 2.24) is 4.90 Å². The van der Waals surface area contributed by atoms with Crippen LogP contribution in [-0.2, 0) is 21.7 Å². The lowest BCUT2D eigenvalue weighted by molar-refractivity contribution is -0.149. The van der Waals surface area contributed by atoms with Crippen molar-refractivity contribution in [3.8, 4) is 5.75 Å². The molecular weight excluding hydrogens is 519 g/mol. The summed E-state index contributed by atoms with van der Waals surface area (Å²) in [6.45, 7) is 3.15. The Labute approximate surface area is 233 Å². The van der Waals surface area contributed by atoms with Gasteiger partial charge < -0.3 is 24.8 Å². The Balaban J connectivity index is 1.51. The predicted molar refractivity (Wildman–Crippen MR) is 153 cm³/mol. The number of carboxylic acids is 1. The lowest BCUT2D eigenvalue weighted by atomic mass is 10.1. The quantitative estimate of drug-likeness (QED) is 0.208. The largest absolute Gasteiger partial charge is 0.492 e. The maximum Gasteiger partial charge on any atom is 0.333 e. The Kier molecular flexibility index (Phi) is 12.6. The summed E-state index contributed by atoms with van der Waals surface area (Å²) in [6, 6.07) is 23.0. The van der Waals surface area contributed by atoms with Crippen LogP contribution in [-0.4, -0.2) is 60.2 Å². The monoisotopic (exact) mass is 554 g/mol. The predicted octanol–water partition coefficient (Wildman–Crippen LogP) is 6.09. The number of aliphatic carboxylic acids is 1. The number of hydrogen-bond acceptors (Lipinski definition) is 5. The van der Waals surface area contributed by atoms with Crippen molar-refractivity contribution in [3.63, 3.8) is 0 Å². The molecule has 0 aromatic heterocycles. The number of hydrogen-bond donors (Lipinski definition) is 2. The molecule has 0 saturated heterocycles. The number of halogens is 1. The third kappa shape index (κ3) is 10.6. The van der Waals surface area contributed by atoms with E-state index in [-0.39, 0.29) is 24.7 Å². The zero-order chi connectivity index (χ0) is 27.9. The van der Waals surface area contributed by atoms with Gasteiger partial charge in [0.05, 0.1) is 12.2 Å². The molecule has 3 rings (SSSR count). The maximum atomic E-state index is 14.1. The van der Waals surface area contributed by atoms with Crippen LogP contribution in [0.1, 0.15) is 24.5 Å². The molecule has 0 aliphatic carbocycles. The Morgan fingerprint density at radius 1 is 0.974 bits per heavy atom. The minimum atomic E-state index is -0.996. The highest BCUT2D eigenvalue weighted by Gasteiger charge is 2.18. The molecule has 0 spiro atoms. The number of para-hydroxylation sites is 1. The van der Waals surface area contributed by atoms with Gasteiger partial charge in [0.1, 0.15) is 18.2 Å². The molecule has 0 saturated carbocycles. The van der Waals surface area contributed by atoms with E-state index in [9.17, 15) is 19.1 Å². The van der Waals surface area contributed by atoms with Crippen LogP contribution in [0.4, 0.5) is 14.9 Å². The number of nitrogens with zero attached hydrogens (tertiary/aromatic N) is 1. The number of carbonyl (C=O) groups excluding carboxylic acids is 1. The molecule has 3 aromatic rings. The fraction of sp³-hybridized carbons (Fsp3) is 0.333. The minimum absolute atomic E-state index is 0.133. The molecule has 0 aliphatic rings. The van der Waals surface area contributed by atoms with E-state index >= 15 is 0 Å². The first kappa shape index (κ1) is 30.0. The Morgan fingerprint density at radius 3 is 2.38 bits per heavy atom. The van der Waals surface area contributed by atoms with Gasteiger partial charge in [-0.1, -0.05) is 54.6 Å². The maximum absolute atomic E-state index is 14.1. The number of ether oxygens (including phenoxy) is 2. The van der Waals surface area contributed by atoms with Gasteiger partial charge in [-0.05, 0) is 54.5 Å². The summed E-state index contributed by atoms with van der Waals surface area (Å²) >= 11 is 1.80. The van der Waals surface area contributed by atoms with Gasteiger partial charge in [-0.15, -0.1) is 0 Å². The van der Waals surface area contributed by atoms with Crippen molar-refractivity contribution in [1.29, 1.82) is 0 Å². The number of rotatable bonds is 16. The number of anilines is 1. The smallest absolute Gasteiger partial charge is 0.333 e. The molecule has 0 bridgehead atoms. The number of benzene rings is 3. The molecule has 208 valence electrons. The number of amides is 2. The van der Waals surface area contributed by atoms with Gasteiger partial charge in [0, 0.05) is 25.3 Å². The first-order chi connectivity index (χ1) is 19.0. The fourth-order valence-corrected chi connectivity index (χ4v) is 4.73. The van der Waals surface area contributed by atoms with E-state index in [2.05, 4.69) is 17.4 Å². The molecule has 2 N–H and O–H groups in total. The average molecular weight is 555 g/mol. The highest BCUT2D eigenvalue weighted by atomic mass is 32.2. The van der Waals surface area contributed by atoms with Crippen molar-refractivity contribution in [2.75, 3.05) is 37.4 Å². The number of thioether (sulfide) groups is 1. The second-order valence-electron chi connectivity index (χ2n) is 8.77. The molecule has 0 fully saturated rings. The molecule has 9 heteroatoms. The van der Waals surface area contributed by atoms with E-state index in [1.54, 1.807) is 60.0 Å². The molecular formula is C30H35FN2O5S. The summed E-state index contributed by atoms with van der Waals surface area (Å²) in [6.07, 6.45) is 0.145. The SMILES string of the molecule is CCOC(Cc1ccc(OCCN(CCCSCc2ccccc2)C(=O)Nc2ccccc2F)cc1)C(=O)O. The van der Waals surface area contributed by atoms with Crippen LogP contribution < -0.4 is 10.1 Å². The average Bonchev–Trinajstić information content (AvgIpc) is 2.94. The third-order valence-electron chi connectivity index (χ3n) is 5.85. The Bertz CT molecular complexity index is 1160. The van der Waals surface area contributed by atoms with Crippen molar-refractivity contribution < 1.29 is 28.6 Å². The van der Waals surface area contributed by atoms with Gasteiger partial charge in [0.25, 0.3) is 0 Å². The second-order valence-corrected chi connectivity index (χ2v) is 9.87. The lowest BCUT2D eigenvalue weighted by Gasteiger charge is -2.23. The Hall–Kier alpha value is -3.56. The molecule has 0 heterocycles. The van der Waals surface area contributed by atoms with Crippen molar-refractivity contribution in [2.24, 2.45) is 0 Å². The zero-order valence-corrected chi connectivity index (χ0v) is 22.9. The van der Waals surface area contributed by atoms with Crippen LogP contribution in [0.3, 0.4) is 0 Å². The number of nitrogens with one attached hydrogen (secondary N) is 1. The van der Waals surface area contributed by atoms with E-state index in [1.807, 2.05) is 18.2 Å². The minimum Gasteiger partial charge on any atom is -0.492 e. The van der Waals surface area contributed by atoms with Gasteiger partial charge in [-0.2, -0.15) is 11.8 Å². The fourth-order valence-electron chi connectivity index (χ4n) is 3.82. The molecule has 2 amide bonds. The van der Waals surface area contributed by atoms with E-state index < -0.39 is 17.9 Å². The molecule has 1 atom stereocenters. The molecule has 0 radical (unpaired) electrons. The van der Waals surface area contributed by atoms with Gasteiger partial charge >= 0.3 is 12.0 Å². The molecule has 39 heavy (non-hydrogen) atoms. The zero-order valence-electron chi connectivity index (χ0n) is 22.1. The normalized spacial score (nSPS) is 11.5. The van der Waals surface area contributed by atoms with Crippen LogP contribution in [0.5, 0.6) is 5.75 Å².